The number of hydrogen-bond donors (Lipinski definition) is 0. The lowest BCUT2D eigenvalue weighted by molar-refractivity contribution is 0.192. The van der Waals surface area contributed by atoms with Gasteiger partial charge in [-0.1, -0.05) is 18.2 Å². The number of piperazine rings is 1. The standard InChI is InChI=1S/C17H17FN4OS2/c18-13-4-1-2-5-14(13)21-9-7-20(8-10-21)12-22-17(24)23-16(19-22)15-6-3-11-25-15/h1-6,11H,7-10,12H2. The molecular formula is C17H17FN4OS2. The first-order chi connectivity index (χ1) is 12.2. The zero-order chi connectivity index (χ0) is 17.2. The molecule has 3 aromatic rings. The summed E-state index contributed by atoms with van der Waals surface area (Å²) in [4.78, 5) is 5.66. The Morgan fingerprint density at radius 3 is 2.64 bits per heavy atom. The molecule has 0 atom stereocenters. The number of thiophene rings is 1. The molecule has 1 aliphatic rings. The van der Waals surface area contributed by atoms with E-state index in [1.807, 2.05) is 29.6 Å². The molecule has 8 heteroatoms. The molecule has 0 saturated carbocycles. The SMILES string of the molecule is Fc1ccccc1N1CCN(Cn2nc(-c3cccs3)oc2=S)CC1. The molecule has 2 aromatic heterocycles. The van der Waals surface area contributed by atoms with Crippen molar-refractivity contribution in [1.82, 2.24) is 14.7 Å². The van der Waals surface area contributed by atoms with E-state index in [4.69, 9.17) is 16.6 Å². The summed E-state index contributed by atoms with van der Waals surface area (Å²) in [5.74, 6) is 0.389. The zero-order valence-electron chi connectivity index (χ0n) is 13.5. The molecule has 1 aliphatic heterocycles. The van der Waals surface area contributed by atoms with Gasteiger partial charge in [0, 0.05) is 26.2 Å². The number of anilines is 1. The van der Waals surface area contributed by atoms with Gasteiger partial charge in [-0.15, -0.1) is 16.4 Å². The average Bonchev–Trinajstić information content (AvgIpc) is 3.27. The Morgan fingerprint density at radius 1 is 1.12 bits per heavy atom. The van der Waals surface area contributed by atoms with Crippen LogP contribution in [0.5, 0.6) is 0 Å². The molecule has 3 heterocycles. The molecule has 0 aliphatic carbocycles. The van der Waals surface area contributed by atoms with Crippen LogP contribution in [0.4, 0.5) is 10.1 Å². The highest BCUT2D eigenvalue weighted by Crippen LogP contribution is 2.24. The van der Waals surface area contributed by atoms with E-state index in [1.54, 1.807) is 22.1 Å². The first-order valence-electron chi connectivity index (χ1n) is 8.04. The molecule has 25 heavy (non-hydrogen) atoms. The average molecular weight is 376 g/mol. The minimum absolute atomic E-state index is 0.171. The van der Waals surface area contributed by atoms with Gasteiger partial charge in [-0.2, -0.15) is 0 Å². The van der Waals surface area contributed by atoms with Crippen LogP contribution in [0.2, 0.25) is 0 Å². The van der Waals surface area contributed by atoms with Crippen LogP contribution < -0.4 is 4.90 Å². The fraction of sp³-hybridized carbons (Fsp3) is 0.294. The van der Waals surface area contributed by atoms with Gasteiger partial charge in [0.15, 0.2) is 0 Å². The van der Waals surface area contributed by atoms with Crippen LogP contribution in [0.3, 0.4) is 0 Å². The van der Waals surface area contributed by atoms with E-state index in [1.165, 1.54) is 6.07 Å². The van der Waals surface area contributed by atoms with E-state index in [2.05, 4.69) is 14.9 Å². The maximum absolute atomic E-state index is 13.9. The van der Waals surface area contributed by atoms with Crippen molar-refractivity contribution in [2.75, 3.05) is 31.1 Å². The molecule has 0 unspecified atom stereocenters. The Kier molecular flexibility index (Phi) is 4.65. The first kappa shape index (κ1) is 16.4. The number of halogens is 1. The fourth-order valence-electron chi connectivity index (χ4n) is 2.92. The predicted octanol–water partition coefficient (Wildman–Crippen LogP) is 3.85. The van der Waals surface area contributed by atoms with Gasteiger partial charge in [-0.25, -0.2) is 9.07 Å². The molecule has 5 nitrogen and oxygen atoms in total. The zero-order valence-corrected chi connectivity index (χ0v) is 15.1. The van der Waals surface area contributed by atoms with Crippen LogP contribution in [-0.4, -0.2) is 40.9 Å². The lowest BCUT2D eigenvalue weighted by atomic mass is 10.2. The van der Waals surface area contributed by atoms with E-state index < -0.39 is 0 Å². The summed E-state index contributed by atoms with van der Waals surface area (Å²) in [6.45, 7) is 3.75. The molecule has 130 valence electrons. The molecular weight excluding hydrogens is 359 g/mol. The molecule has 0 spiro atoms. The second-order valence-corrected chi connectivity index (χ2v) is 7.14. The number of rotatable bonds is 4. The van der Waals surface area contributed by atoms with E-state index in [-0.39, 0.29) is 5.82 Å². The second-order valence-electron chi connectivity index (χ2n) is 5.85. The molecule has 1 fully saturated rings. The predicted molar refractivity (Wildman–Crippen MR) is 98.8 cm³/mol. The summed E-state index contributed by atoms with van der Waals surface area (Å²) < 4.78 is 21.2. The first-order valence-corrected chi connectivity index (χ1v) is 9.33. The van der Waals surface area contributed by atoms with Gasteiger partial charge in [0.25, 0.3) is 10.7 Å². The topological polar surface area (TPSA) is 37.4 Å². The van der Waals surface area contributed by atoms with Crippen molar-refractivity contribution in [3.63, 3.8) is 0 Å². The molecule has 4 rings (SSSR count). The van der Waals surface area contributed by atoms with E-state index >= 15 is 0 Å². The van der Waals surface area contributed by atoms with Gasteiger partial charge in [0.2, 0.25) is 0 Å². The molecule has 1 aromatic carbocycles. The summed E-state index contributed by atoms with van der Waals surface area (Å²) in [5.41, 5.74) is 0.667. The van der Waals surface area contributed by atoms with Crippen LogP contribution in [0.1, 0.15) is 0 Å². The molecule has 0 N–H and O–H groups in total. The summed E-state index contributed by atoms with van der Waals surface area (Å²) in [6, 6.07) is 10.8. The third-order valence-electron chi connectivity index (χ3n) is 4.24. The third kappa shape index (κ3) is 3.51. The third-order valence-corrected chi connectivity index (χ3v) is 5.39. The van der Waals surface area contributed by atoms with Crippen molar-refractivity contribution in [3.05, 3.63) is 52.4 Å². The van der Waals surface area contributed by atoms with Gasteiger partial charge in [-0.3, -0.25) is 4.90 Å². The van der Waals surface area contributed by atoms with Crippen LogP contribution >= 0.6 is 23.6 Å². The van der Waals surface area contributed by atoms with Crippen molar-refractivity contribution < 1.29 is 8.81 Å². The van der Waals surface area contributed by atoms with E-state index in [0.717, 1.165) is 31.1 Å². The van der Waals surface area contributed by atoms with Gasteiger partial charge in [0.1, 0.15) is 5.82 Å². The number of benzene rings is 1. The van der Waals surface area contributed by atoms with Crippen molar-refractivity contribution >= 4 is 29.2 Å². The largest absolute Gasteiger partial charge is 0.408 e. The minimum atomic E-state index is -0.171. The van der Waals surface area contributed by atoms with Crippen molar-refractivity contribution in [1.29, 1.82) is 0 Å². The molecule has 0 amide bonds. The van der Waals surface area contributed by atoms with Crippen LogP contribution in [-0.2, 0) is 6.67 Å². The summed E-state index contributed by atoms with van der Waals surface area (Å²) >= 11 is 6.86. The van der Waals surface area contributed by atoms with Gasteiger partial charge in [-0.05, 0) is 35.8 Å². The van der Waals surface area contributed by atoms with Crippen LogP contribution in [0.15, 0.2) is 46.2 Å². The summed E-state index contributed by atoms with van der Waals surface area (Å²) in [6.07, 6.45) is 0. The summed E-state index contributed by atoms with van der Waals surface area (Å²) in [7, 11) is 0. The van der Waals surface area contributed by atoms with Crippen molar-refractivity contribution in [3.8, 4) is 10.8 Å². The summed E-state index contributed by atoms with van der Waals surface area (Å²) in [5, 5.41) is 6.46. The van der Waals surface area contributed by atoms with Crippen LogP contribution in [0.25, 0.3) is 10.8 Å². The van der Waals surface area contributed by atoms with E-state index in [0.29, 0.717) is 23.1 Å². The number of aromatic nitrogens is 2. The fourth-order valence-corrected chi connectivity index (χ4v) is 3.74. The lowest BCUT2D eigenvalue weighted by Gasteiger charge is -2.35. The highest BCUT2D eigenvalue weighted by atomic mass is 32.1. The van der Waals surface area contributed by atoms with Gasteiger partial charge >= 0.3 is 0 Å². The Hall–Kier alpha value is -2.03. The van der Waals surface area contributed by atoms with Crippen molar-refractivity contribution in [2.45, 2.75) is 6.67 Å². The maximum Gasteiger partial charge on any atom is 0.288 e. The van der Waals surface area contributed by atoms with Gasteiger partial charge < -0.3 is 9.32 Å². The number of nitrogens with zero attached hydrogens (tertiary/aromatic N) is 4. The second kappa shape index (κ2) is 7.07. The highest BCUT2D eigenvalue weighted by molar-refractivity contribution is 7.71. The Balaban J connectivity index is 1.41. The van der Waals surface area contributed by atoms with Gasteiger partial charge in [0.05, 0.1) is 17.2 Å². The Morgan fingerprint density at radius 2 is 1.92 bits per heavy atom. The van der Waals surface area contributed by atoms with E-state index in [9.17, 15) is 4.39 Å². The molecule has 0 bridgehead atoms. The lowest BCUT2D eigenvalue weighted by Crippen LogP contribution is -2.47. The minimum Gasteiger partial charge on any atom is -0.408 e. The molecule has 0 radical (unpaired) electrons. The maximum atomic E-state index is 13.9. The van der Waals surface area contributed by atoms with Crippen molar-refractivity contribution in [2.24, 2.45) is 0 Å². The Labute approximate surface area is 153 Å². The van der Waals surface area contributed by atoms with Crippen LogP contribution in [0, 0.1) is 10.7 Å². The number of hydrogen-bond acceptors (Lipinski definition) is 6. The number of para-hydroxylation sites is 1. The highest BCUT2D eigenvalue weighted by Gasteiger charge is 2.20. The quantitative estimate of drug-likeness (QED) is 0.647. The smallest absolute Gasteiger partial charge is 0.288 e. The molecule has 1 saturated heterocycles. The normalized spacial score (nSPS) is 15.6. The monoisotopic (exact) mass is 376 g/mol. The Bertz CT molecular complexity index is 898.